The van der Waals surface area contributed by atoms with E-state index >= 15 is 0 Å². The molecule has 0 aromatic rings. The van der Waals surface area contributed by atoms with Crippen molar-refractivity contribution < 1.29 is 15.0 Å². The van der Waals surface area contributed by atoms with Gasteiger partial charge in [-0.25, -0.2) is 0 Å². The number of rotatable bonds is 13. The highest BCUT2D eigenvalue weighted by atomic mass is 16.3. The van der Waals surface area contributed by atoms with E-state index in [9.17, 15) is 15.0 Å². The molecule has 4 saturated carbocycles. The lowest BCUT2D eigenvalue weighted by molar-refractivity contribution is -0.239. The van der Waals surface area contributed by atoms with Gasteiger partial charge in [-0.2, -0.15) is 0 Å². The molecule has 6 N–H and O–H groups in total. The molecule has 4 fully saturated rings. The Morgan fingerprint density at radius 1 is 0.878 bits per heavy atom. The molecule has 1 amide bonds. The number of nitrogens with one attached hydrogen (secondary N) is 2. The number of amides is 1. The molecule has 0 saturated heterocycles. The van der Waals surface area contributed by atoms with Gasteiger partial charge >= 0.3 is 0 Å². The third-order valence-electron chi connectivity index (χ3n) is 13.5. The molecule has 0 bridgehead atoms. The molecular weight excluding hydrogens is 510 g/mol. The predicted molar refractivity (Wildman–Crippen MR) is 168 cm³/mol. The van der Waals surface area contributed by atoms with Crippen molar-refractivity contribution in [1.82, 2.24) is 10.6 Å². The first kappa shape index (κ1) is 33.2. The molecule has 11 atom stereocenters. The molecule has 0 aromatic carbocycles. The van der Waals surface area contributed by atoms with E-state index in [1.165, 1.54) is 6.42 Å². The second-order valence-electron chi connectivity index (χ2n) is 16.0. The topological polar surface area (TPSA) is 108 Å². The van der Waals surface area contributed by atoms with E-state index in [1.807, 2.05) is 0 Å². The van der Waals surface area contributed by atoms with E-state index < -0.39 is 0 Å². The van der Waals surface area contributed by atoms with Gasteiger partial charge in [0, 0.05) is 12.5 Å². The molecule has 4 aliphatic rings. The van der Waals surface area contributed by atoms with Gasteiger partial charge in [0.15, 0.2) is 0 Å². The molecule has 0 aliphatic heterocycles. The summed E-state index contributed by atoms with van der Waals surface area (Å²) in [6.07, 6.45) is 11.9. The first-order chi connectivity index (χ1) is 19.4. The van der Waals surface area contributed by atoms with Crippen molar-refractivity contribution in [1.29, 1.82) is 0 Å². The average Bonchev–Trinajstić information content (AvgIpc) is 3.25. The Kier molecular flexibility index (Phi) is 11.0. The van der Waals surface area contributed by atoms with Gasteiger partial charge in [0.2, 0.25) is 5.91 Å². The van der Waals surface area contributed by atoms with E-state index in [0.717, 1.165) is 90.3 Å². The highest BCUT2D eigenvalue weighted by Crippen LogP contribution is 2.74. The summed E-state index contributed by atoms with van der Waals surface area (Å²) in [6.45, 7) is 17.6. The summed E-state index contributed by atoms with van der Waals surface area (Å²) >= 11 is 0. The first-order valence-corrected chi connectivity index (χ1v) is 17.4. The van der Waals surface area contributed by atoms with Crippen LogP contribution in [0.5, 0.6) is 0 Å². The van der Waals surface area contributed by atoms with Crippen molar-refractivity contribution >= 4 is 5.91 Å². The van der Waals surface area contributed by atoms with Gasteiger partial charge in [-0.3, -0.25) is 4.79 Å². The quantitative estimate of drug-likeness (QED) is 0.186. The largest absolute Gasteiger partial charge is 0.393 e. The molecule has 4 aliphatic carbocycles. The molecule has 6 nitrogen and oxygen atoms in total. The van der Waals surface area contributed by atoms with Gasteiger partial charge < -0.3 is 26.6 Å². The minimum Gasteiger partial charge on any atom is -0.393 e. The van der Waals surface area contributed by atoms with Crippen LogP contribution < -0.4 is 16.4 Å². The zero-order chi connectivity index (χ0) is 30.0. The van der Waals surface area contributed by atoms with Gasteiger partial charge in [0.1, 0.15) is 0 Å². The number of fused-ring (bicyclic) bond motifs is 5. The second kappa shape index (κ2) is 13.5. The van der Waals surface area contributed by atoms with Crippen molar-refractivity contribution in [3.05, 3.63) is 0 Å². The molecule has 6 heteroatoms. The number of carbonyl (C=O) groups excluding carboxylic acids is 1. The molecular formula is C35H65N3O3. The molecule has 0 spiro atoms. The minimum absolute atomic E-state index is 0.0369. The third-order valence-corrected chi connectivity index (χ3v) is 13.5. The van der Waals surface area contributed by atoms with Crippen LogP contribution in [0.25, 0.3) is 0 Å². The highest BCUT2D eigenvalue weighted by Gasteiger charge is 2.70. The van der Waals surface area contributed by atoms with E-state index in [0.29, 0.717) is 36.1 Å². The standard InChI is InChI=1S/C35H65N3O3/c1-23(2)10-7-11-26(32(41)38-21-9-20-37-19-8-18-36)25-12-16-34(5)28(25)22-30(40)31-33(4)15-14-29(39)24(3)27(33)13-17-35(31,34)6/h23-31,37,39-40H,7-22,36H2,1-6H3,(H,38,41)/t24-,25-,26?,27?,28?,29+,30+,31?,33-,34-,35-/m0/s1. The third kappa shape index (κ3) is 6.28. The molecule has 4 rings (SSSR count). The predicted octanol–water partition coefficient (Wildman–Crippen LogP) is 5.50. The first-order valence-electron chi connectivity index (χ1n) is 17.4. The Hall–Kier alpha value is -0.690. The fraction of sp³-hybridized carbons (Fsp3) is 0.971. The van der Waals surface area contributed by atoms with Crippen LogP contribution in [0.15, 0.2) is 0 Å². The van der Waals surface area contributed by atoms with Crippen molar-refractivity contribution in [2.75, 3.05) is 26.2 Å². The molecule has 238 valence electrons. The number of hydrogen-bond acceptors (Lipinski definition) is 5. The van der Waals surface area contributed by atoms with Crippen LogP contribution in [0.3, 0.4) is 0 Å². The fourth-order valence-corrected chi connectivity index (χ4v) is 11.1. The van der Waals surface area contributed by atoms with Gasteiger partial charge in [-0.15, -0.1) is 0 Å². The van der Waals surface area contributed by atoms with Crippen LogP contribution in [-0.4, -0.2) is 54.5 Å². The smallest absolute Gasteiger partial charge is 0.223 e. The van der Waals surface area contributed by atoms with Crippen LogP contribution in [0.1, 0.15) is 119 Å². The van der Waals surface area contributed by atoms with Crippen molar-refractivity contribution in [3.63, 3.8) is 0 Å². The lowest BCUT2D eigenvalue weighted by atomic mass is 9.36. The van der Waals surface area contributed by atoms with E-state index in [2.05, 4.69) is 52.2 Å². The zero-order valence-electron chi connectivity index (χ0n) is 27.4. The van der Waals surface area contributed by atoms with Crippen LogP contribution >= 0.6 is 0 Å². The lowest BCUT2D eigenvalue weighted by Crippen LogP contribution is -2.66. The van der Waals surface area contributed by atoms with Gasteiger partial charge in [0.25, 0.3) is 0 Å². The van der Waals surface area contributed by atoms with Gasteiger partial charge in [0.05, 0.1) is 12.2 Å². The minimum atomic E-state index is -0.326. The highest BCUT2D eigenvalue weighted by molar-refractivity contribution is 5.79. The van der Waals surface area contributed by atoms with Crippen molar-refractivity contribution in [3.8, 4) is 0 Å². The Bertz CT molecular complexity index is 868. The number of aliphatic hydroxyl groups is 2. The van der Waals surface area contributed by atoms with Crippen molar-refractivity contribution in [2.45, 2.75) is 131 Å². The molecule has 4 unspecified atom stereocenters. The summed E-state index contributed by atoms with van der Waals surface area (Å²) in [7, 11) is 0. The number of carbonyl (C=O) groups is 1. The fourth-order valence-electron chi connectivity index (χ4n) is 11.1. The van der Waals surface area contributed by atoms with E-state index in [-0.39, 0.29) is 46.2 Å². The van der Waals surface area contributed by atoms with E-state index in [1.54, 1.807) is 0 Å². The molecule has 41 heavy (non-hydrogen) atoms. The Labute approximate surface area is 251 Å². The summed E-state index contributed by atoms with van der Waals surface area (Å²) in [6, 6.07) is 0. The van der Waals surface area contributed by atoms with Crippen LogP contribution in [0.4, 0.5) is 0 Å². The summed E-state index contributed by atoms with van der Waals surface area (Å²) in [4.78, 5) is 13.8. The van der Waals surface area contributed by atoms with Crippen LogP contribution in [0, 0.1) is 57.7 Å². The number of hydrogen-bond donors (Lipinski definition) is 5. The van der Waals surface area contributed by atoms with Crippen LogP contribution in [0.2, 0.25) is 0 Å². The summed E-state index contributed by atoms with van der Waals surface area (Å²) < 4.78 is 0. The molecule has 0 aromatic heterocycles. The summed E-state index contributed by atoms with van der Waals surface area (Å²) in [5.74, 6) is 2.72. The van der Waals surface area contributed by atoms with Gasteiger partial charge in [-0.1, -0.05) is 54.4 Å². The summed E-state index contributed by atoms with van der Waals surface area (Å²) in [5.41, 5.74) is 5.86. The maximum Gasteiger partial charge on any atom is 0.223 e. The molecule has 0 radical (unpaired) electrons. The zero-order valence-corrected chi connectivity index (χ0v) is 27.4. The number of aliphatic hydroxyl groups excluding tert-OH is 2. The maximum absolute atomic E-state index is 13.8. The van der Waals surface area contributed by atoms with Crippen molar-refractivity contribution in [2.24, 2.45) is 63.4 Å². The second-order valence-corrected chi connectivity index (χ2v) is 16.0. The normalized spacial score (nSPS) is 42.8. The lowest BCUT2D eigenvalue weighted by Gasteiger charge is -2.69. The maximum atomic E-state index is 13.8. The Morgan fingerprint density at radius 2 is 1.59 bits per heavy atom. The number of nitrogens with two attached hydrogens (primary N) is 1. The Morgan fingerprint density at radius 3 is 2.29 bits per heavy atom. The van der Waals surface area contributed by atoms with Gasteiger partial charge in [-0.05, 0) is 136 Å². The average molecular weight is 576 g/mol. The SMILES string of the molecule is CC(C)CCCC(C(=O)NCCCNCCCN)[C@@H]1CC[C@@]2(C)C1C[C@@H](O)C1[C@@]3(C)CC[C@@H](O)[C@@H](C)C3CC[C@@]12C. The Balaban J connectivity index is 1.51. The summed E-state index contributed by atoms with van der Waals surface area (Å²) in [5, 5.41) is 29.5. The monoisotopic (exact) mass is 576 g/mol. The van der Waals surface area contributed by atoms with Crippen LogP contribution in [-0.2, 0) is 4.79 Å². The molecule has 0 heterocycles. The van der Waals surface area contributed by atoms with E-state index in [4.69, 9.17) is 5.73 Å².